The van der Waals surface area contributed by atoms with Gasteiger partial charge in [0.15, 0.2) is 0 Å². The van der Waals surface area contributed by atoms with Gasteiger partial charge in [0.05, 0.1) is 6.54 Å². The van der Waals surface area contributed by atoms with E-state index in [1.807, 2.05) is 42.0 Å². The van der Waals surface area contributed by atoms with Gasteiger partial charge in [-0.25, -0.2) is 0 Å². The minimum atomic E-state index is 0.0299. The zero-order valence-electron chi connectivity index (χ0n) is 16.6. The zero-order valence-corrected chi connectivity index (χ0v) is 16.6. The van der Waals surface area contributed by atoms with E-state index in [1.54, 1.807) is 0 Å². The molecule has 5 heteroatoms. The highest BCUT2D eigenvalue weighted by Crippen LogP contribution is 2.18. The standard InChI is InChI=1S/C21H33N3O2/c1-16(2)17(3)22-21(26)19-10-12-24(13-11-19)20(25)15-23(4)14-18-8-6-5-7-9-18/h5-9,16-17,19H,10-15H2,1-4H3,(H,22,26). The Morgan fingerprint density at radius 1 is 1.15 bits per heavy atom. The summed E-state index contributed by atoms with van der Waals surface area (Å²) in [6.45, 7) is 8.78. The lowest BCUT2D eigenvalue weighted by Gasteiger charge is -2.33. The molecule has 2 amide bonds. The molecule has 1 saturated heterocycles. The molecular weight excluding hydrogens is 326 g/mol. The fourth-order valence-corrected chi connectivity index (χ4v) is 3.18. The van der Waals surface area contributed by atoms with Gasteiger partial charge in [0.1, 0.15) is 0 Å². The van der Waals surface area contributed by atoms with Crippen LogP contribution < -0.4 is 5.32 Å². The summed E-state index contributed by atoms with van der Waals surface area (Å²) in [5, 5.41) is 3.10. The van der Waals surface area contributed by atoms with Crippen molar-refractivity contribution in [3.63, 3.8) is 0 Å². The maximum absolute atomic E-state index is 12.5. The third-order valence-corrected chi connectivity index (χ3v) is 5.29. The predicted molar refractivity (Wildman–Crippen MR) is 105 cm³/mol. The van der Waals surface area contributed by atoms with Crippen molar-refractivity contribution in [2.24, 2.45) is 11.8 Å². The summed E-state index contributed by atoms with van der Waals surface area (Å²) in [5.41, 5.74) is 1.21. The molecule has 2 rings (SSSR count). The monoisotopic (exact) mass is 359 g/mol. The molecule has 1 fully saturated rings. The van der Waals surface area contributed by atoms with E-state index in [2.05, 4.69) is 31.3 Å². The molecule has 1 aromatic rings. The number of benzene rings is 1. The van der Waals surface area contributed by atoms with E-state index in [-0.39, 0.29) is 23.8 Å². The molecule has 0 aromatic heterocycles. The van der Waals surface area contributed by atoms with Crippen LogP contribution in [0, 0.1) is 11.8 Å². The molecule has 1 N–H and O–H groups in total. The number of carbonyl (C=O) groups is 2. The minimum Gasteiger partial charge on any atom is -0.353 e. The van der Waals surface area contributed by atoms with E-state index in [1.165, 1.54) is 5.56 Å². The lowest BCUT2D eigenvalue weighted by Crippen LogP contribution is -2.47. The number of carbonyl (C=O) groups excluding carboxylic acids is 2. The first-order valence-electron chi connectivity index (χ1n) is 9.67. The van der Waals surface area contributed by atoms with Crippen molar-refractivity contribution in [1.29, 1.82) is 0 Å². The van der Waals surface area contributed by atoms with Crippen LogP contribution in [0.15, 0.2) is 30.3 Å². The van der Waals surface area contributed by atoms with Gasteiger partial charge in [-0.2, -0.15) is 0 Å². The fraction of sp³-hybridized carbons (Fsp3) is 0.619. The Morgan fingerprint density at radius 3 is 2.35 bits per heavy atom. The molecule has 1 aliphatic heterocycles. The van der Waals surface area contributed by atoms with Gasteiger partial charge in [-0.15, -0.1) is 0 Å². The van der Waals surface area contributed by atoms with Crippen LogP contribution in [0.2, 0.25) is 0 Å². The average Bonchev–Trinajstić information content (AvgIpc) is 2.62. The van der Waals surface area contributed by atoms with Gasteiger partial charge >= 0.3 is 0 Å². The van der Waals surface area contributed by atoms with Crippen molar-refractivity contribution in [2.45, 2.75) is 46.2 Å². The molecule has 0 radical (unpaired) electrons. The Kier molecular flexibility index (Phi) is 7.64. The van der Waals surface area contributed by atoms with Crippen LogP contribution in [0.25, 0.3) is 0 Å². The number of hydrogen-bond donors (Lipinski definition) is 1. The summed E-state index contributed by atoms with van der Waals surface area (Å²) in [5.74, 6) is 0.750. The van der Waals surface area contributed by atoms with Crippen LogP contribution in [0.4, 0.5) is 0 Å². The summed E-state index contributed by atoms with van der Waals surface area (Å²) in [4.78, 5) is 28.8. The molecule has 26 heavy (non-hydrogen) atoms. The maximum atomic E-state index is 12.5. The van der Waals surface area contributed by atoms with Gasteiger partial charge in [0.2, 0.25) is 11.8 Å². The fourth-order valence-electron chi connectivity index (χ4n) is 3.18. The molecule has 1 aromatic carbocycles. The molecule has 0 spiro atoms. The Balaban J connectivity index is 1.74. The number of likely N-dealkylation sites (N-methyl/N-ethyl adjacent to an activating group) is 1. The van der Waals surface area contributed by atoms with Crippen molar-refractivity contribution in [3.8, 4) is 0 Å². The smallest absolute Gasteiger partial charge is 0.236 e. The van der Waals surface area contributed by atoms with Crippen molar-refractivity contribution < 1.29 is 9.59 Å². The molecule has 1 unspecified atom stereocenters. The number of nitrogens with one attached hydrogen (secondary N) is 1. The summed E-state index contributed by atoms with van der Waals surface area (Å²) in [6, 6.07) is 10.4. The number of piperidine rings is 1. The number of amides is 2. The second-order valence-corrected chi connectivity index (χ2v) is 7.85. The van der Waals surface area contributed by atoms with E-state index in [9.17, 15) is 9.59 Å². The van der Waals surface area contributed by atoms with Gasteiger partial charge in [-0.05, 0) is 38.3 Å². The van der Waals surface area contributed by atoms with Crippen LogP contribution in [0.3, 0.4) is 0 Å². The highest BCUT2D eigenvalue weighted by Gasteiger charge is 2.28. The molecule has 1 aliphatic rings. The lowest BCUT2D eigenvalue weighted by molar-refractivity contribution is -0.136. The zero-order chi connectivity index (χ0) is 19.1. The van der Waals surface area contributed by atoms with E-state index >= 15 is 0 Å². The Labute approximate surface area is 157 Å². The molecule has 144 valence electrons. The lowest BCUT2D eigenvalue weighted by atomic mass is 9.94. The Bertz CT molecular complexity index is 580. The molecule has 0 bridgehead atoms. The topological polar surface area (TPSA) is 52.7 Å². The first kappa shape index (κ1) is 20.4. The third-order valence-electron chi connectivity index (χ3n) is 5.29. The van der Waals surface area contributed by atoms with E-state index in [0.717, 1.165) is 19.4 Å². The first-order valence-corrected chi connectivity index (χ1v) is 9.67. The Morgan fingerprint density at radius 2 is 1.77 bits per heavy atom. The molecule has 1 heterocycles. The van der Waals surface area contributed by atoms with Crippen molar-refractivity contribution >= 4 is 11.8 Å². The summed E-state index contributed by atoms with van der Waals surface area (Å²) < 4.78 is 0. The largest absolute Gasteiger partial charge is 0.353 e. The minimum absolute atomic E-state index is 0.0299. The summed E-state index contributed by atoms with van der Waals surface area (Å²) in [6.07, 6.45) is 1.51. The van der Waals surface area contributed by atoms with E-state index in [0.29, 0.717) is 25.6 Å². The first-order chi connectivity index (χ1) is 12.4. The number of nitrogens with zero attached hydrogens (tertiary/aromatic N) is 2. The van der Waals surface area contributed by atoms with Gasteiger partial charge in [0.25, 0.3) is 0 Å². The quantitative estimate of drug-likeness (QED) is 0.814. The second kappa shape index (κ2) is 9.72. The SMILES string of the molecule is CC(C)C(C)NC(=O)C1CCN(C(=O)CN(C)Cc2ccccc2)CC1. The highest BCUT2D eigenvalue weighted by atomic mass is 16.2. The third kappa shape index (κ3) is 6.13. The Hall–Kier alpha value is -1.88. The average molecular weight is 360 g/mol. The predicted octanol–water partition coefficient (Wildman–Crippen LogP) is 2.52. The van der Waals surface area contributed by atoms with E-state index < -0.39 is 0 Å². The van der Waals surface area contributed by atoms with Gasteiger partial charge in [-0.1, -0.05) is 44.2 Å². The number of hydrogen-bond acceptors (Lipinski definition) is 3. The van der Waals surface area contributed by atoms with Gasteiger partial charge in [0, 0.05) is 31.6 Å². The number of rotatable bonds is 7. The van der Waals surface area contributed by atoms with Crippen LogP contribution in [-0.2, 0) is 16.1 Å². The van der Waals surface area contributed by atoms with Crippen molar-refractivity contribution in [2.75, 3.05) is 26.7 Å². The van der Waals surface area contributed by atoms with Gasteiger partial charge < -0.3 is 10.2 Å². The molecule has 1 atom stereocenters. The van der Waals surface area contributed by atoms with Gasteiger partial charge in [-0.3, -0.25) is 14.5 Å². The van der Waals surface area contributed by atoms with Crippen molar-refractivity contribution in [1.82, 2.24) is 15.1 Å². The van der Waals surface area contributed by atoms with E-state index in [4.69, 9.17) is 0 Å². The summed E-state index contributed by atoms with van der Waals surface area (Å²) in [7, 11) is 1.97. The van der Waals surface area contributed by atoms with Crippen LogP contribution >= 0.6 is 0 Å². The normalized spacial score (nSPS) is 16.8. The molecule has 0 saturated carbocycles. The van der Waals surface area contributed by atoms with Crippen molar-refractivity contribution in [3.05, 3.63) is 35.9 Å². The molecule has 0 aliphatic carbocycles. The maximum Gasteiger partial charge on any atom is 0.236 e. The van der Waals surface area contributed by atoms with Crippen LogP contribution in [0.1, 0.15) is 39.2 Å². The molecular formula is C21H33N3O2. The van der Waals surface area contributed by atoms with Crippen LogP contribution in [-0.4, -0.2) is 54.3 Å². The highest BCUT2D eigenvalue weighted by molar-refractivity contribution is 5.81. The molecule has 5 nitrogen and oxygen atoms in total. The number of likely N-dealkylation sites (tertiary alicyclic amines) is 1. The van der Waals surface area contributed by atoms with Crippen LogP contribution in [0.5, 0.6) is 0 Å². The second-order valence-electron chi connectivity index (χ2n) is 7.85. The summed E-state index contributed by atoms with van der Waals surface area (Å²) >= 11 is 0.